The number of carbonyl (C=O) groups is 1. The molecule has 1 atom stereocenters. The minimum atomic E-state index is 0.127. The summed E-state index contributed by atoms with van der Waals surface area (Å²) in [5.74, 6) is 0.141. The number of piperidine rings is 1. The zero-order valence-corrected chi connectivity index (χ0v) is 7.36. The molecule has 0 bridgehead atoms. The van der Waals surface area contributed by atoms with E-state index in [9.17, 15) is 4.79 Å². The van der Waals surface area contributed by atoms with Crippen molar-refractivity contribution in [2.24, 2.45) is 0 Å². The van der Waals surface area contributed by atoms with Crippen molar-refractivity contribution in [1.82, 2.24) is 10.3 Å². The third-order valence-electron chi connectivity index (χ3n) is 2.28. The normalized spacial score (nSPS) is 22.5. The van der Waals surface area contributed by atoms with Crippen molar-refractivity contribution in [3.63, 3.8) is 0 Å². The van der Waals surface area contributed by atoms with Gasteiger partial charge in [-0.05, 0) is 25.0 Å². The van der Waals surface area contributed by atoms with E-state index in [-0.39, 0.29) is 11.9 Å². The van der Waals surface area contributed by atoms with Gasteiger partial charge < -0.3 is 5.32 Å². The molecule has 3 nitrogen and oxygen atoms in total. The van der Waals surface area contributed by atoms with E-state index in [1.165, 1.54) is 0 Å². The molecule has 1 aliphatic rings. The molecule has 1 aliphatic heterocycles. The second-order valence-corrected chi connectivity index (χ2v) is 3.27. The highest BCUT2D eigenvalue weighted by Gasteiger charge is 2.19. The summed E-state index contributed by atoms with van der Waals surface area (Å²) in [5.41, 5.74) is 0.968. The molecule has 0 aromatic carbocycles. The Balaban J connectivity index is 2.13. The van der Waals surface area contributed by atoms with Gasteiger partial charge in [0.25, 0.3) is 0 Å². The minimum absolute atomic E-state index is 0.127. The van der Waals surface area contributed by atoms with Crippen LogP contribution in [0.15, 0.2) is 24.4 Å². The SMILES string of the molecule is O=C1CCC[C@@H](c2ccccn2)N1. The van der Waals surface area contributed by atoms with Crippen LogP contribution in [0.5, 0.6) is 0 Å². The molecule has 1 aromatic heterocycles. The largest absolute Gasteiger partial charge is 0.348 e. The van der Waals surface area contributed by atoms with Crippen molar-refractivity contribution < 1.29 is 4.79 Å². The molecule has 13 heavy (non-hydrogen) atoms. The Morgan fingerprint density at radius 2 is 2.38 bits per heavy atom. The molecule has 1 amide bonds. The summed E-state index contributed by atoms with van der Waals surface area (Å²) in [6.07, 6.45) is 4.38. The average Bonchev–Trinajstić information content (AvgIpc) is 2.19. The maximum absolute atomic E-state index is 11.1. The van der Waals surface area contributed by atoms with Crippen LogP contribution in [0.4, 0.5) is 0 Å². The highest BCUT2D eigenvalue weighted by atomic mass is 16.1. The van der Waals surface area contributed by atoms with E-state index in [2.05, 4.69) is 10.3 Å². The molecule has 1 aromatic rings. The first-order chi connectivity index (χ1) is 6.36. The Morgan fingerprint density at radius 3 is 3.08 bits per heavy atom. The third-order valence-corrected chi connectivity index (χ3v) is 2.28. The second kappa shape index (κ2) is 3.56. The molecule has 0 aliphatic carbocycles. The molecule has 68 valence electrons. The Bertz CT molecular complexity index is 297. The Morgan fingerprint density at radius 1 is 1.46 bits per heavy atom. The summed E-state index contributed by atoms with van der Waals surface area (Å²) in [6, 6.07) is 5.91. The Hall–Kier alpha value is -1.38. The molecular weight excluding hydrogens is 164 g/mol. The maximum atomic E-state index is 11.1. The van der Waals surface area contributed by atoms with Crippen molar-refractivity contribution in [1.29, 1.82) is 0 Å². The van der Waals surface area contributed by atoms with Crippen molar-refractivity contribution in [3.8, 4) is 0 Å². The van der Waals surface area contributed by atoms with Gasteiger partial charge in [0.05, 0.1) is 11.7 Å². The van der Waals surface area contributed by atoms with Crippen LogP contribution < -0.4 is 5.32 Å². The number of amides is 1. The number of carbonyl (C=O) groups excluding carboxylic acids is 1. The lowest BCUT2D eigenvalue weighted by Crippen LogP contribution is -2.32. The summed E-state index contributed by atoms with van der Waals surface area (Å²) in [4.78, 5) is 15.3. The first-order valence-corrected chi connectivity index (χ1v) is 4.56. The van der Waals surface area contributed by atoms with Crippen LogP contribution in [-0.2, 0) is 4.79 Å². The van der Waals surface area contributed by atoms with Gasteiger partial charge in [0.2, 0.25) is 5.91 Å². The van der Waals surface area contributed by atoms with Gasteiger partial charge in [-0.25, -0.2) is 0 Å². The van der Waals surface area contributed by atoms with Crippen LogP contribution in [0, 0.1) is 0 Å². The molecule has 3 heteroatoms. The van der Waals surface area contributed by atoms with Crippen LogP contribution in [0.2, 0.25) is 0 Å². The molecule has 1 N–H and O–H groups in total. The molecular formula is C10H12N2O. The van der Waals surface area contributed by atoms with Gasteiger partial charge in [-0.15, -0.1) is 0 Å². The van der Waals surface area contributed by atoms with E-state index in [1.807, 2.05) is 18.2 Å². The van der Waals surface area contributed by atoms with Gasteiger partial charge in [-0.2, -0.15) is 0 Å². The third kappa shape index (κ3) is 1.86. The zero-order chi connectivity index (χ0) is 9.10. The first kappa shape index (κ1) is 8.23. The molecule has 2 rings (SSSR count). The van der Waals surface area contributed by atoms with Crippen molar-refractivity contribution in [3.05, 3.63) is 30.1 Å². The van der Waals surface area contributed by atoms with Crippen LogP contribution in [0.3, 0.4) is 0 Å². The molecule has 2 heterocycles. The lowest BCUT2D eigenvalue weighted by Gasteiger charge is -2.22. The summed E-state index contributed by atoms with van der Waals surface area (Å²) >= 11 is 0. The van der Waals surface area contributed by atoms with E-state index < -0.39 is 0 Å². The number of rotatable bonds is 1. The predicted molar refractivity (Wildman–Crippen MR) is 49.0 cm³/mol. The minimum Gasteiger partial charge on any atom is -0.348 e. The van der Waals surface area contributed by atoms with Gasteiger partial charge in [0, 0.05) is 12.6 Å². The number of hydrogen-bond donors (Lipinski definition) is 1. The van der Waals surface area contributed by atoms with E-state index in [0.29, 0.717) is 6.42 Å². The van der Waals surface area contributed by atoms with Crippen molar-refractivity contribution in [2.75, 3.05) is 0 Å². The lowest BCUT2D eigenvalue weighted by atomic mass is 10.0. The van der Waals surface area contributed by atoms with E-state index in [0.717, 1.165) is 18.5 Å². The molecule has 1 saturated heterocycles. The maximum Gasteiger partial charge on any atom is 0.220 e. The highest BCUT2D eigenvalue weighted by molar-refractivity contribution is 5.77. The molecule has 0 unspecified atom stereocenters. The van der Waals surface area contributed by atoms with Crippen molar-refractivity contribution in [2.45, 2.75) is 25.3 Å². The topological polar surface area (TPSA) is 42.0 Å². The monoisotopic (exact) mass is 176 g/mol. The van der Waals surface area contributed by atoms with E-state index in [4.69, 9.17) is 0 Å². The lowest BCUT2D eigenvalue weighted by molar-refractivity contribution is -0.123. The number of pyridine rings is 1. The Labute approximate surface area is 77.2 Å². The number of nitrogens with zero attached hydrogens (tertiary/aromatic N) is 1. The molecule has 0 spiro atoms. The summed E-state index contributed by atoms with van der Waals surface area (Å²) in [5, 5.41) is 2.93. The fraction of sp³-hybridized carbons (Fsp3) is 0.400. The van der Waals surface area contributed by atoms with Crippen molar-refractivity contribution >= 4 is 5.91 Å². The standard InChI is InChI=1S/C10H12N2O/c13-10-6-3-5-9(12-10)8-4-1-2-7-11-8/h1-2,4,7,9H,3,5-6H2,(H,12,13)/t9-/m0/s1. The Kier molecular flexibility index (Phi) is 2.25. The summed E-state index contributed by atoms with van der Waals surface area (Å²) < 4.78 is 0. The van der Waals surface area contributed by atoms with Crippen LogP contribution in [0.25, 0.3) is 0 Å². The van der Waals surface area contributed by atoms with Crippen LogP contribution in [-0.4, -0.2) is 10.9 Å². The van der Waals surface area contributed by atoms with Gasteiger partial charge in [-0.1, -0.05) is 6.07 Å². The van der Waals surface area contributed by atoms with Crippen LogP contribution in [0.1, 0.15) is 31.0 Å². The number of nitrogens with one attached hydrogen (secondary N) is 1. The molecule has 0 radical (unpaired) electrons. The predicted octanol–water partition coefficient (Wildman–Crippen LogP) is 1.42. The average molecular weight is 176 g/mol. The van der Waals surface area contributed by atoms with Gasteiger partial charge in [0.1, 0.15) is 0 Å². The van der Waals surface area contributed by atoms with Gasteiger partial charge in [-0.3, -0.25) is 9.78 Å². The fourth-order valence-electron chi connectivity index (χ4n) is 1.61. The quantitative estimate of drug-likeness (QED) is 0.703. The smallest absolute Gasteiger partial charge is 0.220 e. The second-order valence-electron chi connectivity index (χ2n) is 3.27. The molecule has 0 saturated carbocycles. The summed E-state index contributed by atoms with van der Waals surface area (Å²) in [6.45, 7) is 0. The number of aromatic nitrogens is 1. The van der Waals surface area contributed by atoms with Gasteiger partial charge in [0.15, 0.2) is 0 Å². The summed E-state index contributed by atoms with van der Waals surface area (Å²) in [7, 11) is 0. The van der Waals surface area contributed by atoms with E-state index in [1.54, 1.807) is 6.20 Å². The first-order valence-electron chi connectivity index (χ1n) is 4.56. The van der Waals surface area contributed by atoms with Gasteiger partial charge >= 0.3 is 0 Å². The van der Waals surface area contributed by atoms with E-state index >= 15 is 0 Å². The highest BCUT2D eigenvalue weighted by Crippen LogP contribution is 2.20. The zero-order valence-electron chi connectivity index (χ0n) is 7.36. The fourth-order valence-corrected chi connectivity index (χ4v) is 1.61. The number of hydrogen-bond acceptors (Lipinski definition) is 2. The molecule has 1 fully saturated rings. The van der Waals surface area contributed by atoms with Crippen LogP contribution >= 0.6 is 0 Å².